The molecule has 0 spiro atoms. The standard InChI is InChI=1S/C9H22OSi.C4H10O.2H2O.Ti/c1-7(2)11(10,8(3)4)9(5)6;1-2-3-4-5;;;/h7-10H,1-6H3;5H,2-4H2,1H3;2*1H2;. The molecule has 0 saturated carbocycles. The van der Waals surface area contributed by atoms with Gasteiger partial charge in [0.1, 0.15) is 0 Å². The van der Waals surface area contributed by atoms with Crippen LogP contribution >= 0.6 is 0 Å². The molecular formula is C13H36O4SiTi. The van der Waals surface area contributed by atoms with Gasteiger partial charge in [-0.05, 0) is 23.0 Å². The van der Waals surface area contributed by atoms with Crippen molar-refractivity contribution in [2.75, 3.05) is 6.61 Å². The molecule has 6 N–H and O–H groups in total. The molecule has 0 bridgehead atoms. The van der Waals surface area contributed by atoms with E-state index in [0.717, 1.165) is 12.8 Å². The fourth-order valence-electron chi connectivity index (χ4n) is 2.16. The summed E-state index contributed by atoms with van der Waals surface area (Å²) >= 11 is 0. The quantitative estimate of drug-likeness (QED) is 0.754. The topological polar surface area (TPSA) is 103 Å². The van der Waals surface area contributed by atoms with Crippen LogP contribution in [0.25, 0.3) is 0 Å². The van der Waals surface area contributed by atoms with Gasteiger partial charge in [0.25, 0.3) is 0 Å². The Morgan fingerprint density at radius 1 is 0.842 bits per heavy atom. The third-order valence-electron chi connectivity index (χ3n) is 3.29. The minimum absolute atomic E-state index is 0. The first kappa shape index (κ1) is 31.9. The number of unbranched alkanes of at least 4 members (excludes halogenated alkanes) is 1. The van der Waals surface area contributed by atoms with E-state index >= 15 is 0 Å². The van der Waals surface area contributed by atoms with E-state index in [-0.39, 0.29) is 32.7 Å². The maximum atomic E-state index is 10.4. The molecule has 0 radical (unpaired) electrons. The van der Waals surface area contributed by atoms with Crippen LogP contribution in [0.5, 0.6) is 0 Å². The van der Waals surface area contributed by atoms with E-state index in [1.54, 1.807) is 0 Å². The number of hydrogen-bond acceptors (Lipinski definition) is 2. The van der Waals surface area contributed by atoms with Crippen LogP contribution in [0.2, 0.25) is 16.6 Å². The van der Waals surface area contributed by atoms with Gasteiger partial charge < -0.3 is 20.9 Å². The molecule has 0 aromatic rings. The first-order valence-electron chi connectivity index (χ1n) is 6.58. The Bertz CT molecular complexity index is 143. The first-order chi connectivity index (χ1) is 7.24. The van der Waals surface area contributed by atoms with E-state index in [0.29, 0.717) is 23.2 Å². The number of rotatable bonds is 5. The zero-order valence-corrected chi connectivity index (χ0v) is 16.3. The molecule has 0 atom stereocenters. The van der Waals surface area contributed by atoms with Gasteiger partial charge in [0.15, 0.2) is 8.32 Å². The molecule has 0 rings (SSSR count). The van der Waals surface area contributed by atoms with Gasteiger partial charge in [0.2, 0.25) is 0 Å². The first-order valence-corrected chi connectivity index (χ1v) is 8.76. The van der Waals surface area contributed by atoms with Crippen molar-refractivity contribution in [3.05, 3.63) is 0 Å². The van der Waals surface area contributed by atoms with Gasteiger partial charge in [-0.2, -0.15) is 0 Å². The number of hydrogen-bond donors (Lipinski definition) is 2. The summed E-state index contributed by atoms with van der Waals surface area (Å²) in [5, 5.41) is 8.07. The predicted octanol–water partition coefficient (Wildman–Crippen LogP) is 2.28. The second-order valence-electron chi connectivity index (χ2n) is 5.43. The van der Waals surface area contributed by atoms with Gasteiger partial charge in [-0.1, -0.05) is 54.9 Å². The Morgan fingerprint density at radius 2 is 1.11 bits per heavy atom. The van der Waals surface area contributed by atoms with Crippen LogP contribution in [-0.2, 0) is 21.7 Å². The fourth-order valence-corrected chi connectivity index (χ4v) is 6.16. The molecule has 120 valence electrons. The Hall–Kier alpha value is 0.771. The minimum atomic E-state index is -1.98. The van der Waals surface area contributed by atoms with E-state index in [9.17, 15) is 4.80 Å². The number of aliphatic hydroxyl groups excluding tert-OH is 1. The SMILES string of the molecule is CC(C)[Si](O)(C(C)C)C(C)C.CCCCO.O.O.[Ti]. The van der Waals surface area contributed by atoms with Gasteiger partial charge in [-0.25, -0.2) is 0 Å². The third kappa shape index (κ3) is 12.2. The Kier molecular flexibility index (Phi) is 28.3. The summed E-state index contributed by atoms with van der Waals surface area (Å²) in [6.45, 7) is 15.3. The predicted molar refractivity (Wildman–Crippen MR) is 82.5 cm³/mol. The molecule has 0 unspecified atom stereocenters. The van der Waals surface area contributed by atoms with Crippen molar-refractivity contribution in [3.8, 4) is 0 Å². The number of aliphatic hydroxyl groups is 1. The van der Waals surface area contributed by atoms with Gasteiger partial charge in [-0.15, -0.1) is 0 Å². The largest absolute Gasteiger partial charge is 0.431 e. The Morgan fingerprint density at radius 3 is 1.11 bits per heavy atom. The van der Waals surface area contributed by atoms with Gasteiger partial charge in [0, 0.05) is 28.3 Å². The van der Waals surface area contributed by atoms with Gasteiger partial charge >= 0.3 is 0 Å². The van der Waals surface area contributed by atoms with E-state index in [1.165, 1.54) is 0 Å². The zero-order chi connectivity index (χ0) is 13.4. The molecule has 0 aliphatic heterocycles. The van der Waals surface area contributed by atoms with Crippen molar-refractivity contribution < 1.29 is 42.6 Å². The molecule has 6 heteroatoms. The average molecular weight is 332 g/mol. The maximum Gasteiger partial charge on any atom is 0.196 e. The summed E-state index contributed by atoms with van der Waals surface area (Å²) in [6.07, 6.45) is 2.04. The molecule has 0 saturated heterocycles. The molecule has 0 aromatic carbocycles. The van der Waals surface area contributed by atoms with Crippen LogP contribution in [0.15, 0.2) is 0 Å². The summed E-state index contributed by atoms with van der Waals surface area (Å²) in [5.41, 5.74) is 1.42. The van der Waals surface area contributed by atoms with Crippen molar-refractivity contribution >= 4 is 8.32 Å². The molecule has 0 aliphatic carbocycles. The normalized spacial score (nSPS) is 10.1. The van der Waals surface area contributed by atoms with E-state index in [1.807, 2.05) is 0 Å². The molecule has 4 nitrogen and oxygen atoms in total. The minimum Gasteiger partial charge on any atom is -0.431 e. The zero-order valence-electron chi connectivity index (χ0n) is 13.7. The molecule has 19 heavy (non-hydrogen) atoms. The smallest absolute Gasteiger partial charge is 0.196 e. The van der Waals surface area contributed by atoms with Gasteiger partial charge in [-0.3, -0.25) is 0 Å². The molecule has 0 fully saturated rings. The summed E-state index contributed by atoms with van der Waals surface area (Å²) in [7, 11) is -1.98. The monoisotopic (exact) mass is 332 g/mol. The second kappa shape index (κ2) is 16.8. The van der Waals surface area contributed by atoms with E-state index in [4.69, 9.17) is 5.11 Å². The fraction of sp³-hybridized carbons (Fsp3) is 1.00. The molecule has 0 amide bonds. The van der Waals surface area contributed by atoms with Crippen molar-refractivity contribution in [1.29, 1.82) is 0 Å². The van der Waals surface area contributed by atoms with E-state index in [2.05, 4.69) is 48.5 Å². The summed E-state index contributed by atoms with van der Waals surface area (Å²) in [6, 6.07) is 0. The maximum absolute atomic E-state index is 10.4. The summed E-state index contributed by atoms with van der Waals surface area (Å²) < 4.78 is 0. The van der Waals surface area contributed by atoms with Crippen molar-refractivity contribution in [3.63, 3.8) is 0 Å². The van der Waals surface area contributed by atoms with Crippen molar-refractivity contribution in [2.45, 2.75) is 77.9 Å². The molecular weight excluding hydrogens is 296 g/mol. The van der Waals surface area contributed by atoms with E-state index < -0.39 is 8.32 Å². The summed E-state index contributed by atoms with van der Waals surface area (Å²) in [4.78, 5) is 10.4. The van der Waals surface area contributed by atoms with Crippen LogP contribution in [0, 0.1) is 0 Å². The van der Waals surface area contributed by atoms with Crippen molar-refractivity contribution in [1.82, 2.24) is 0 Å². The van der Waals surface area contributed by atoms with Crippen LogP contribution < -0.4 is 0 Å². The van der Waals surface area contributed by atoms with Crippen LogP contribution in [-0.4, -0.2) is 35.8 Å². The van der Waals surface area contributed by atoms with Gasteiger partial charge in [0.05, 0.1) is 0 Å². The second-order valence-corrected chi connectivity index (χ2v) is 10.7. The average Bonchev–Trinajstić information content (AvgIpc) is 2.17. The summed E-state index contributed by atoms with van der Waals surface area (Å²) in [5.74, 6) is 0. The Balaban J connectivity index is -0.0000000717. The molecule has 0 aromatic heterocycles. The Labute approximate surface area is 135 Å². The third-order valence-corrected chi connectivity index (χ3v) is 8.84. The van der Waals surface area contributed by atoms with Crippen LogP contribution in [0.3, 0.4) is 0 Å². The van der Waals surface area contributed by atoms with Crippen molar-refractivity contribution in [2.24, 2.45) is 0 Å². The molecule has 0 heterocycles. The molecule has 0 aliphatic rings. The van der Waals surface area contributed by atoms with Crippen LogP contribution in [0.4, 0.5) is 0 Å². The van der Waals surface area contributed by atoms with Crippen LogP contribution in [0.1, 0.15) is 61.3 Å².